The van der Waals surface area contributed by atoms with Gasteiger partial charge < -0.3 is 15.0 Å². The number of ether oxygens (including phenoxy) is 1. The summed E-state index contributed by atoms with van der Waals surface area (Å²) in [5.41, 5.74) is 2.98. The molecule has 0 aliphatic carbocycles. The van der Waals surface area contributed by atoms with E-state index in [0.29, 0.717) is 54.9 Å². The number of halogens is 3. The number of aromatic nitrogens is 1. The fraction of sp³-hybridized carbons (Fsp3) is 0.355. The highest BCUT2D eigenvalue weighted by molar-refractivity contribution is 6.30. The van der Waals surface area contributed by atoms with E-state index in [2.05, 4.69) is 20.4 Å². The number of nitrogens with zero attached hydrogens (tertiary/aromatic N) is 2. The summed E-state index contributed by atoms with van der Waals surface area (Å²) < 4.78 is 34.0. The SMILES string of the molecule is COC(=O)Nc1ccc2c(c1)NC(=O)C(C)CCCC(N1CCC(c3c(F)ccc(Cl)c3F)CC1=O)c1cc-2ccn1. The van der Waals surface area contributed by atoms with Gasteiger partial charge in [0, 0.05) is 47.8 Å². The Morgan fingerprint density at radius 3 is 2.69 bits per heavy atom. The van der Waals surface area contributed by atoms with Crippen molar-refractivity contribution in [2.24, 2.45) is 5.92 Å². The number of benzene rings is 2. The van der Waals surface area contributed by atoms with Gasteiger partial charge in [0.1, 0.15) is 11.6 Å². The van der Waals surface area contributed by atoms with Gasteiger partial charge >= 0.3 is 6.09 Å². The summed E-state index contributed by atoms with van der Waals surface area (Å²) in [4.78, 5) is 44.8. The Balaban J connectivity index is 1.48. The molecule has 3 heterocycles. The highest BCUT2D eigenvalue weighted by Gasteiger charge is 2.35. The van der Waals surface area contributed by atoms with E-state index in [9.17, 15) is 23.2 Å². The van der Waals surface area contributed by atoms with E-state index in [1.165, 1.54) is 13.2 Å². The maximum Gasteiger partial charge on any atom is 0.411 e. The molecule has 8 nitrogen and oxygen atoms in total. The van der Waals surface area contributed by atoms with Crippen LogP contribution in [0, 0.1) is 17.6 Å². The van der Waals surface area contributed by atoms with Crippen LogP contribution in [0.1, 0.15) is 62.2 Å². The first-order chi connectivity index (χ1) is 20.2. The largest absolute Gasteiger partial charge is 0.453 e. The van der Waals surface area contributed by atoms with Crippen molar-refractivity contribution in [3.8, 4) is 11.1 Å². The van der Waals surface area contributed by atoms with Crippen molar-refractivity contribution in [2.75, 3.05) is 24.3 Å². The minimum atomic E-state index is -0.820. The Morgan fingerprint density at radius 2 is 1.93 bits per heavy atom. The van der Waals surface area contributed by atoms with Crippen molar-refractivity contribution in [1.29, 1.82) is 0 Å². The molecule has 2 aliphatic rings. The molecule has 3 atom stereocenters. The van der Waals surface area contributed by atoms with E-state index in [-0.39, 0.29) is 40.8 Å². The smallest absolute Gasteiger partial charge is 0.411 e. The summed E-state index contributed by atoms with van der Waals surface area (Å²) in [7, 11) is 1.27. The van der Waals surface area contributed by atoms with Crippen molar-refractivity contribution in [2.45, 2.75) is 51.0 Å². The normalized spacial score (nSPS) is 21.0. The summed E-state index contributed by atoms with van der Waals surface area (Å²) in [5.74, 6) is -2.86. The first-order valence-electron chi connectivity index (χ1n) is 13.8. The first-order valence-corrected chi connectivity index (χ1v) is 14.2. The lowest BCUT2D eigenvalue weighted by atomic mass is 9.86. The van der Waals surface area contributed by atoms with Crippen LogP contribution in [0.25, 0.3) is 11.1 Å². The van der Waals surface area contributed by atoms with Gasteiger partial charge in [0.05, 0.1) is 29.6 Å². The van der Waals surface area contributed by atoms with Crippen LogP contribution in [0.3, 0.4) is 0 Å². The third-order valence-corrected chi connectivity index (χ3v) is 8.32. The average molecular weight is 597 g/mol. The number of anilines is 2. The summed E-state index contributed by atoms with van der Waals surface area (Å²) in [6.45, 7) is 2.13. The third kappa shape index (κ3) is 6.09. The quantitative estimate of drug-likeness (QED) is 0.315. The number of likely N-dealkylation sites (tertiary alicyclic amines) is 1. The standard InChI is InChI=1S/C31H31ClF2N4O4/c1-17-4-3-5-26(38-13-11-19(15-27(38)39)28-23(33)9-8-22(32)29(28)34)25-14-18(10-12-35-25)21-7-6-20(36-31(41)42-2)16-24(21)37-30(17)40/h6-10,12,14,16-17,19,26H,3-5,11,13,15H2,1-2H3,(H,36,41)(H,37,40). The molecule has 3 aromatic rings. The highest BCUT2D eigenvalue weighted by atomic mass is 35.5. The number of fused-ring (bicyclic) bond motifs is 4. The van der Waals surface area contributed by atoms with Crippen LogP contribution in [-0.2, 0) is 14.3 Å². The third-order valence-electron chi connectivity index (χ3n) is 8.03. The predicted octanol–water partition coefficient (Wildman–Crippen LogP) is 7.06. The van der Waals surface area contributed by atoms with Crippen LogP contribution < -0.4 is 10.6 Å². The Morgan fingerprint density at radius 1 is 1.12 bits per heavy atom. The summed E-state index contributed by atoms with van der Waals surface area (Å²) in [6.07, 6.45) is 3.13. The Kier molecular flexibility index (Phi) is 8.72. The van der Waals surface area contributed by atoms with E-state index in [4.69, 9.17) is 11.6 Å². The molecule has 2 bridgehead atoms. The lowest BCUT2D eigenvalue weighted by Crippen LogP contribution is -2.41. The molecule has 2 aromatic carbocycles. The van der Waals surface area contributed by atoms with Crippen molar-refractivity contribution in [3.05, 3.63) is 76.6 Å². The summed E-state index contributed by atoms with van der Waals surface area (Å²) in [6, 6.07) is 10.8. The van der Waals surface area contributed by atoms with Gasteiger partial charge in [-0.15, -0.1) is 0 Å². The number of hydrogen-bond acceptors (Lipinski definition) is 5. The molecule has 3 amide bonds. The van der Waals surface area contributed by atoms with Gasteiger partial charge in [-0.2, -0.15) is 0 Å². The Labute approximate surface area is 247 Å². The number of nitrogens with one attached hydrogen (secondary N) is 2. The number of methoxy groups -OCH3 is 1. The number of pyridine rings is 1. The van der Waals surface area contributed by atoms with Gasteiger partial charge in [0.2, 0.25) is 11.8 Å². The monoisotopic (exact) mass is 596 g/mol. The second kappa shape index (κ2) is 12.4. The van der Waals surface area contributed by atoms with Gasteiger partial charge in [-0.25, -0.2) is 13.6 Å². The molecule has 2 aliphatic heterocycles. The summed E-state index contributed by atoms with van der Waals surface area (Å²) >= 11 is 5.91. The molecular formula is C31H31ClF2N4O4. The molecule has 11 heteroatoms. The van der Waals surface area contributed by atoms with Crippen LogP contribution in [0.2, 0.25) is 5.02 Å². The minimum Gasteiger partial charge on any atom is -0.453 e. The molecule has 3 unspecified atom stereocenters. The van der Waals surface area contributed by atoms with E-state index in [0.717, 1.165) is 11.6 Å². The molecule has 1 fully saturated rings. The maximum atomic E-state index is 14.8. The van der Waals surface area contributed by atoms with E-state index < -0.39 is 23.6 Å². The topological polar surface area (TPSA) is 101 Å². The van der Waals surface area contributed by atoms with Gasteiger partial charge in [-0.05, 0) is 61.2 Å². The molecule has 0 saturated carbocycles. The fourth-order valence-corrected chi connectivity index (χ4v) is 5.92. The Bertz CT molecular complexity index is 1530. The maximum absolute atomic E-state index is 14.8. The lowest BCUT2D eigenvalue weighted by molar-refractivity contribution is -0.137. The Hall–Kier alpha value is -4.05. The van der Waals surface area contributed by atoms with E-state index in [1.54, 1.807) is 29.3 Å². The molecule has 42 heavy (non-hydrogen) atoms. The molecule has 220 valence electrons. The second-order valence-electron chi connectivity index (χ2n) is 10.7. The van der Waals surface area contributed by atoms with Gasteiger partial charge in [0.15, 0.2) is 0 Å². The van der Waals surface area contributed by atoms with Crippen molar-refractivity contribution in [1.82, 2.24) is 9.88 Å². The van der Waals surface area contributed by atoms with Gasteiger partial charge in [0.25, 0.3) is 0 Å². The predicted molar refractivity (Wildman–Crippen MR) is 155 cm³/mol. The van der Waals surface area contributed by atoms with E-state index in [1.807, 2.05) is 19.1 Å². The summed E-state index contributed by atoms with van der Waals surface area (Å²) in [5, 5.41) is 5.44. The molecule has 1 saturated heterocycles. The van der Waals surface area contributed by atoms with Crippen LogP contribution in [0.4, 0.5) is 25.0 Å². The number of hydrogen-bond donors (Lipinski definition) is 2. The molecule has 0 radical (unpaired) electrons. The minimum absolute atomic E-state index is 0.0536. The van der Waals surface area contributed by atoms with Crippen LogP contribution in [0.5, 0.6) is 0 Å². The molecule has 0 spiro atoms. The van der Waals surface area contributed by atoms with Crippen molar-refractivity contribution < 1.29 is 27.9 Å². The van der Waals surface area contributed by atoms with Gasteiger partial charge in [-0.1, -0.05) is 31.0 Å². The molecule has 1 aromatic heterocycles. The average Bonchev–Trinajstić information content (AvgIpc) is 2.97. The van der Waals surface area contributed by atoms with Crippen LogP contribution >= 0.6 is 11.6 Å². The molecule has 5 rings (SSSR count). The van der Waals surface area contributed by atoms with Crippen LogP contribution in [0.15, 0.2) is 48.7 Å². The number of amides is 3. The highest BCUT2D eigenvalue weighted by Crippen LogP contribution is 2.40. The fourth-order valence-electron chi connectivity index (χ4n) is 5.75. The van der Waals surface area contributed by atoms with Crippen molar-refractivity contribution in [3.63, 3.8) is 0 Å². The zero-order chi connectivity index (χ0) is 30.0. The first kappa shape index (κ1) is 29.4. The lowest BCUT2D eigenvalue weighted by Gasteiger charge is -2.38. The zero-order valence-corrected chi connectivity index (χ0v) is 24.0. The molecule has 2 N–H and O–H groups in total. The number of piperidine rings is 1. The number of carbonyl (C=O) groups is 3. The number of rotatable bonds is 3. The van der Waals surface area contributed by atoms with Crippen LogP contribution in [-0.4, -0.2) is 41.4 Å². The second-order valence-corrected chi connectivity index (χ2v) is 11.1. The zero-order valence-electron chi connectivity index (χ0n) is 23.3. The van der Waals surface area contributed by atoms with Gasteiger partial charge in [-0.3, -0.25) is 19.9 Å². The molecular weight excluding hydrogens is 566 g/mol. The van der Waals surface area contributed by atoms with E-state index >= 15 is 0 Å². The number of carbonyl (C=O) groups excluding carboxylic acids is 3. The van der Waals surface area contributed by atoms with Crippen molar-refractivity contribution >= 4 is 40.9 Å².